The summed E-state index contributed by atoms with van der Waals surface area (Å²) in [5.41, 5.74) is 5.66. The molecule has 0 spiro atoms. The number of nitrogens with two attached hydrogens (primary N) is 1. The summed E-state index contributed by atoms with van der Waals surface area (Å²) < 4.78 is 5.97. The van der Waals surface area contributed by atoms with E-state index in [1.807, 2.05) is 0 Å². The highest BCUT2D eigenvalue weighted by Crippen LogP contribution is 2.25. The number of hydrogen-bond donors (Lipinski definition) is 1. The number of hydrogen-bond acceptors (Lipinski definition) is 3. The van der Waals surface area contributed by atoms with Gasteiger partial charge in [0.25, 0.3) is 0 Å². The highest BCUT2D eigenvalue weighted by molar-refractivity contribution is 4.81. The molecule has 3 heteroatoms. The summed E-state index contributed by atoms with van der Waals surface area (Å²) in [4.78, 5) is 2.64. The van der Waals surface area contributed by atoms with Crippen molar-refractivity contribution in [1.29, 1.82) is 0 Å². The van der Waals surface area contributed by atoms with Crippen molar-refractivity contribution in [3.05, 3.63) is 0 Å². The number of nitrogens with zero attached hydrogens (tertiary/aromatic N) is 1. The normalized spacial score (nSPS) is 31.2. The molecule has 2 aliphatic rings. The third kappa shape index (κ3) is 3.67. The van der Waals surface area contributed by atoms with Gasteiger partial charge in [-0.3, -0.25) is 4.90 Å². The molecule has 0 amide bonds. The minimum absolute atomic E-state index is 0.324. The molecule has 0 aromatic heterocycles. The Morgan fingerprint density at radius 1 is 1.06 bits per heavy atom. The highest BCUT2D eigenvalue weighted by atomic mass is 16.5. The van der Waals surface area contributed by atoms with Crippen molar-refractivity contribution in [1.82, 2.24) is 4.90 Å². The van der Waals surface area contributed by atoms with E-state index in [9.17, 15) is 0 Å². The second-order valence-electron chi connectivity index (χ2n) is 5.57. The van der Waals surface area contributed by atoms with Crippen molar-refractivity contribution in [2.45, 2.75) is 70.1 Å². The van der Waals surface area contributed by atoms with Gasteiger partial charge in [0, 0.05) is 19.1 Å². The summed E-state index contributed by atoms with van der Waals surface area (Å²) >= 11 is 0. The van der Waals surface area contributed by atoms with E-state index in [1.165, 1.54) is 38.5 Å². The number of ether oxygens (including phenoxy) is 1. The van der Waals surface area contributed by atoms with E-state index in [1.54, 1.807) is 0 Å². The lowest BCUT2D eigenvalue weighted by molar-refractivity contribution is 0.0145. The molecular weight excluding hydrogens is 212 g/mol. The first kappa shape index (κ1) is 13.3. The van der Waals surface area contributed by atoms with Crippen molar-refractivity contribution in [2.75, 3.05) is 19.6 Å². The summed E-state index contributed by atoms with van der Waals surface area (Å²) in [6.07, 6.45) is 10.2. The maximum absolute atomic E-state index is 5.97. The van der Waals surface area contributed by atoms with Crippen LogP contribution in [0.4, 0.5) is 0 Å². The standard InChI is InChI=1S/C14H28N2O/c1-2-16(12-6-4-3-5-7-12)11-14-9-8-13(10-15)17-14/h12-14H,2-11,15H2,1H3. The monoisotopic (exact) mass is 240 g/mol. The Morgan fingerprint density at radius 3 is 2.35 bits per heavy atom. The fourth-order valence-corrected chi connectivity index (χ4v) is 3.33. The molecule has 1 aliphatic carbocycles. The third-order valence-electron chi connectivity index (χ3n) is 4.39. The largest absolute Gasteiger partial charge is 0.372 e. The van der Waals surface area contributed by atoms with Crippen LogP contribution in [-0.2, 0) is 4.74 Å². The third-order valence-corrected chi connectivity index (χ3v) is 4.39. The molecule has 3 nitrogen and oxygen atoms in total. The van der Waals surface area contributed by atoms with Crippen LogP contribution >= 0.6 is 0 Å². The predicted molar refractivity (Wildman–Crippen MR) is 71.1 cm³/mol. The molecule has 2 unspecified atom stereocenters. The Bertz CT molecular complexity index is 216. The van der Waals surface area contributed by atoms with Gasteiger partial charge in [0.15, 0.2) is 0 Å². The molecule has 100 valence electrons. The van der Waals surface area contributed by atoms with Crippen LogP contribution in [-0.4, -0.2) is 42.8 Å². The Morgan fingerprint density at radius 2 is 1.76 bits per heavy atom. The van der Waals surface area contributed by atoms with E-state index in [0.29, 0.717) is 18.8 Å². The predicted octanol–water partition coefficient (Wildman–Crippen LogP) is 2.15. The summed E-state index contributed by atoms with van der Waals surface area (Å²) in [5.74, 6) is 0. The SMILES string of the molecule is CCN(CC1CCC(CN)O1)C1CCCCC1. The molecule has 17 heavy (non-hydrogen) atoms. The topological polar surface area (TPSA) is 38.5 Å². The van der Waals surface area contributed by atoms with Gasteiger partial charge >= 0.3 is 0 Å². The first-order chi connectivity index (χ1) is 8.33. The van der Waals surface area contributed by atoms with Crippen LogP contribution in [0.2, 0.25) is 0 Å². The Labute approximate surface area is 106 Å². The first-order valence-electron chi connectivity index (χ1n) is 7.43. The smallest absolute Gasteiger partial charge is 0.0707 e. The summed E-state index contributed by atoms with van der Waals surface area (Å²) in [6, 6.07) is 0.814. The lowest BCUT2D eigenvalue weighted by Crippen LogP contribution is -2.41. The van der Waals surface area contributed by atoms with E-state index in [-0.39, 0.29) is 0 Å². The molecule has 0 radical (unpaired) electrons. The van der Waals surface area contributed by atoms with Crippen molar-refractivity contribution in [3.8, 4) is 0 Å². The van der Waals surface area contributed by atoms with Crippen LogP contribution in [0.25, 0.3) is 0 Å². The molecule has 1 saturated carbocycles. The number of rotatable bonds is 5. The van der Waals surface area contributed by atoms with Gasteiger partial charge in [-0.2, -0.15) is 0 Å². The van der Waals surface area contributed by atoms with Gasteiger partial charge in [0.2, 0.25) is 0 Å². The van der Waals surface area contributed by atoms with E-state index in [2.05, 4.69) is 11.8 Å². The van der Waals surface area contributed by atoms with Gasteiger partial charge in [-0.1, -0.05) is 26.2 Å². The zero-order chi connectivity index (χ0) is 12.1. The lowest BCUT2D eigenvalue weighted by atomic mass is 9.94. The van der Waals surface area contributed by atoms with Crippen molar-refractivity contribution in [2.24, 2.45) is 5.73 Å². The molecule has 2 rings (SSSR count). The average molecular weight is 240 g/mol. The Hall–Kier alpha value is -0.120. The second-order valence-corrected chi connectivity index (χ2v) is 5.57. The summed E-state index contributed by atoms with van der Waals surface area (Å²) in [5, 5.41) is 0. The van der Waals surface area contributed by atoms with Gasteiger partial charge in [-0.15, -0.1) is 0 Å². The second kappa shape index (κ2) is 6.72. The zero-order valence-electron chi connectivity index (χ0n) is 11.2. The van der Waals surface area contributed by atoms with Gasteiger partial charge in [-0.25, -0.2) is 0 Å². The number of likely N-dealkylation sites (N-methyl/N-ethyl adjacent to an activating group) is 1. The van der Waals surface area contributed by atoms with Crippen LogP contribution in [0.5, 0.6) is 0 Å². The summed E-state index contributed by atoms with van der Waals surface area (Å²) in [6.45, 7) is 5.26. The van der Waals surface area contributed by atoms with Crippen LogP contribution in [0.3, 0.4) is 0 Å². The maximum atomic E-state index is 5.97. The first-order valence-corrected chi connectivity index (χ1v) is 7.43. The zero-order valence-corrected chi connectivity index (χ0v) is 11.2. The van der Waals surface area contributed by atoms with Crippen molar-refractivity contribution >= 4 is 0 Å². The minimum Gasteiger partial charge on any atom is -0.372 e. The molecule has 1 saturated heterocycles. The minimum atomic E-state index is 0.324. The molecule has 2 atom stereocenters. The molecule has 0 aromatic rings. The van der Waals surface area contributed by atoms with Crippen molar-refractivity contribution in [3.63, 3.8) is 0 Å². The van der Waals surface area contributed by atoms with Crippen LogP contribution in [0.1, 0.15) is 51.9 Å². The Balaban J connectivity index is 1.78. The molecule has 1 heterocycles. The van der Waals surface area contributed by atoms with Crippen molar-refractivity contribution < 1.29 is 4.74 Å². The van der Waals surface area contributed by atoms with E-state index in [0.717, 1.165) is 25.6 Å². The van der Waals surface area contributed by atoms with Crippen LogP contribution in [0, 0.1) is 0 Å². The quantitative estimate of drug-likeness (QED) is 0.800. The summed E-state index contributed by atoms with van der Waals surface area (Å²) in [7, 11) is 0. The molecule has 0 aromatic carbocycles. The molecular formula is C14H28N2O. The molecule has 1 aliphatic heterocycles. The molecule has 2 N–H and O–H groups in total. The average Bonchev–Trinajstić information content (AvgIpc) is 2.84. The molecule has 0 bridgehead atoms. The molecule has 2 fully saturated rings. The van der Waals surface area contributed by atoms with Gasteiger partial charge in [-0.05, 0) is 32.2 Å². The van der Waals surface area contributed by atoms with Crippen LogP contribution < -0.4 is 5.73 Å². The maximum Gasteiger partial charge on any atom is 0.0707 e. The van der Waals surface area contributed by atoms with Gasteiger partial charge in [0.05, 0.1) is 12.2 Å². The fraction of sp³-hybridized carbons (Fsp3) is 1.00. The highest BCUT2D eigenvalue weighted by Gasteiger charge is 2.28. The van der Waals surface area contributed by atoms with E-state index in [4.69, 9.17) is 10.5 Å². The Kier molecular flexibility index (Phi) is 5.26. The van der Waals surface area contributed by atoms with E-state index >= 15 is 0 Å². The van der Waals surface area contributed by atoms with Gasteiger partial charge < -0.3 is 10.5 Å². The fourth-order valence-electron chi connectivity index (χ4n) is 3.33. The van der Waals surface area contributed by atoms with Crippen LogP contribution in [0.15, 0.2) is 0 Å². The van der Waals surface area contributed by atoms with E-state index < -0.39 is 0 Å². The van der Waals surface area contributed by atoms with Gasteiger partial charge in [0.1, 0.15) is 0 Å². The lowest BCUT2D eigenvalue weighted by Gasteiger charge is -2.35.